The molecule has 1 amide bonds. The van der Waals surface area contributed by atoms with Gasteiger partial charge in [0.1, 0.15) is 11.6 Å². The third kappa shape index (κ3) is 10.0. The van der Waals surface area contributed by atoms with Gasteiger partial charge in [-0.2, -0.15) is 0 Å². The predicted molar refractivity (Wildman–Crippen MR) is 174 cm³/mol. The van der Waals surface area contributed by atoms with E-state index in [0.717, 1.165) is 53.4 Å². The summed E-state index contributed by atoms with van der Waals surface area (Å²) in [5, 5.41) is 0. The number of aromatic nitrogens is 2. The molecule has 0 spiro atoms. The third-order valence-corrected chi connectivity index (χ3v) is 8.01. The first-order valence-electron chi connectivity index (χ1n) is 16.1. The highest BCUT2D eigenvalue weighted by Gasteiger charge is 2.13. The van der Waals surface area contributed by atoms with Crippen molar-refractivity contribution in [3.63, 3.8) is 0 Å². The second-order valence-corrected chi connectivity index (χ2v) is 11.5. The zero-order valence-electron chi connectivity index (χ0n) is 25.8. The first-order valence-corrected chi connectivity index (χ1v) is 16.1. The van der Waals surface area contributed by atoms with Gasteiger partial charge in [0.15, 0.2) is 0 Å². The maximum atomic E-state index is 12.6. The zero-order valence-corrected chi connectivity index (χ0v) is 25.8. The van der Waals surface area contributed by atoms with Gasteiger partial charge in [-0.3, -0.25) is 4.79 Å². The summed E-state index contributed by atoms with van der Waals surface area (Å²) in [6, 6.07) is 22.5. The van der Waals surface area contributed by atoms with E-state index in [2.05, 4.69) is 46.6 Å². The van der Waals surface area contributed by atoms with E-state index < -0.39 is 0 Å². The number of carbonyl (C=O) groups is 1. The van der Waals surface area contributed by atoms with Crippen LogP contribution in [0.3, 0.4) is 0 Å². The molecule has 0 saturated carbocycles. The van der Waals surface area contributed by atoms with Crippen LogP contribution in [-0.4, -0.2) is 21.9 Å². The second kappa shape index (κ2) is 17.4. The highest BCUT2D eigenvalue weighted by atomic mass is 16.5. The Hall–Kier alpha value is -3.60. The largest absolute Gasteiger partial charge is 0.494 e. The number of nitrogens with zero attached hydrogens (tertiary/aromatic N) is 3. The third-order valence-electron chi connectivity index (χ3n) is 8.01. The first-order chi connectivity index (χ1) is 20.6. The van der Waals surface area contributed by atoms with E-state index in [9.17, 15) is 4.79 Å². The number of carbonyl (C=O) groups excluding carboxylic acids is 1. The number of benzene rings is 2. The van der Waals surface area contributed by atoms with Crippen LogP contribution in [0.4, 0.5) is 5.69 Å². The van der Waals surface area contributed by atoms with E-state index in [0.29, 0.717) is 6.54 Å². The minimum Gasteiger partial charge on any atom is -0.494 e. The average molecular weight is 568 g/mol. The highest BCUT2D eigenvalue weighted by molar-refractivity contribution is 5.91. The summed E-state index contributed by atoms with van der Waals surface area (Å²) >= 11 is 0. The van der Waals surface area contributed by atoms with Crippen molar-refractivity contribution >= 4 is 17.1 Å². The van der Waals surface area contributed by atoms with Gasteiger partial charge < -0.3 is 14.0 Å². The van der Waals surface area contributed by atoms with Gasteiger partial charge in [0, 0.05) is 25.2 Å². The fraction of sp³-hybridized carbons (Fsp3) is 0.459. The molecule has 0 radical (unpaired) electrons. The summed E-state index contributed by atoms with van der Waals surface area (Å²) < 4.78 is 8.19. The van der Waals surface area contributed by atoms with Crippen LogP contribution in [0.2, 0.25) is 0 Å². The molecular weight excluding hydrogens is 518 g/mol. The molecular formula is C37H49N3O2. The Kier molecular flexibility index (Phi) is 13.0. The van der Waals surface area contributed by atoms with Crippen molar-refractivity contribution in [1.29, 1.82) is 0 Å². The fourth-order valence-electron chi connectivity index (χ4n) is 5.54. The Balaban J connectivity index is 1.19. The maximum Gasteiger partial charge on any atom is 0.224 e. The average Bonchev–Trinajstić information content (AvgIpc) is 3.41. The summed E-state index contributed by atoms with van der Waals surface area (Å²) in [5.74, 6) is 1.90. The molecule has 0 unspecified atom stereocenters. The number of amides is 1. The first kappa shape index (κ1) is 31.3. The number of ether oxygens (including phenoxy) is 1. The summed E-state index contributed by atoms with van der Waals surface area (Å²) in [6.07, 6.45) is 20.7. The number of anilines is 1. The van der Waals surface area contributed by atoms with Gasteiger partial charge in [-0.15, -0.1) is 0 Å². The van der Waals surface area contributed by atoms with Crippen molar-refractivity contribution < 1.29 is 9.53 Å². The maximum absolute atomic E-state index is 12.6. The number of hydrogen-bond acceptors (Lipinski definition) is 3. The number of hydrogen-bond donors (Lipinski definition) is 0. The van der Waals surface area contributed by atoms with Gasteiger partial charge in [0.25, 0.3) is 0 Å². The number of imidazole rings is 1. The minimum absolute atomic E-state index is 0.0183. The fourth-order valence-corrected chi connectivity index (χ4v) is 5.54. The molecule has 4 rings (SSSR count). The summed E-state index contributed by atoms with van der Waals surface area (Å²) in [7, 11) is 0. The predicted octanol–water partition coefficient (Wildman–Crippen LogP) is 9.56. The molecule has 0 aliphatic carbocycles. The number of pyridine rings is 1. The van der Waals surface area contributed by atoms with E-state index in [-0.39, 0.29) is 5.91 Å². The lowest BCUT2D eigenvalue weighted by Gasteiger charge is -2.22. The molecule has 0 aliphatic heterocycles. The second-order valence-electron chi connectivity index (χ2n) is 11.5. The van der Waals surface area contributed by atoms with E-state index in [1.807, 2.05) is 53.7 Å². The molecule has 0 N–H and O–H groups in total. The Labute approximate surface area is 252 Å². The number of rotatable bonds is 19. The van der Waals surface area contributed by atoms with Crippen LogP contribution in [0.15, 0.2) is 79.1 Å². The summed E-state index contributed by atoms with van der Waals surface area (Å²) in [4.78, 5) is 19.0. The topological polar surface area (TPSA) is 46.8 Å². The standard InChI is InChI=1S/C37H49N3O2/c1-3-4-5-6-7-8-9-10-11-12-13-16-26-42-36-20-17-18-33(27-36)30-40(31(2)41)34-23-21-32(22-24-34)28-37-38-29-35-19-14-15-25-39(35)37/h14-15,17-25,27,29H,3-13,16,26,28,30H2,1-2H3. The molecule has 0 atom stereocenters. The molecule has 42 heavy (non-hydrogen) atoms. The lowest BCUT2D eigenvalue weighted by Crippen LogP contribution is -2.27. The SMILES string of the molecule is CCCCCCCCCCCCCCOc1cccc(CN(C(C)=O)c2ccc(Cc3ncc4ccccn34)cc2)c1. The van der Waals surface area contributed by atoms with Crippen LogP contribution in [0.1, 0.15) is 108 Å². The zero-order chi connectivity index (χ0) is 29.4. The van der Waals surface area contributed by atoms with Crippen molar-refractivity contribution in [2.75, 3.05) is 11.5 Å². The molecule has 224 valence electrons. The van der Waals surface area contributed by atoms with Crippen molar-refractivity contribution in [2.45, 2.75) is 104 Å². The molecule has 2 aromatic heterocycles. The highest BCUT2D eigenvalue weighted by Crippen LogP contribution is 2.22. The van der Waals surface area contributed by atoms with E-state index >= 15 is 0 Å². The Bertz CT molecular complexity index is 1340. The van der Waals surface area contributed by atoms with E-state index in [1.54, 1.807) is 6.92 Å². The normalized spacial score (nSPS) is 11.2. The Morgan fingerprint density at radius 3 is 2.17 bits per heavy atom. The van der Waals surface area contributed by atoms with Crippen molar-refractivity contribution in [3.8, 4) is 5.75 Å². The van der Waals surface area contributed by atoms with Crippen LogP contribution in [-0.2, 0) is 17.8 Å². The van der Waals surface area contributed by atoms with Crippen LogP contribution < -0.4 is 9.64 Å². The quantitative estimate of drug-likeness (QED) is 0.106. The van der Waals surface area contributed by atoms with E-state index in [1.165, 1.54) is 70.6 Å². The molecule has 5 nitrogen and oxygen atoms in total. The van der Waals surface area contributed by atoms with Gasteiger partial charge in [-0.1, -0.05) is 108 Å². The molecule has 4 aromatic rings. The van der Waals surface area contributed by atoms with Gasteiger partial charge >= 0.3 is 0 Å². The van der Waals surface area contributed by atoms with E-state index in [4.69, 9.17) is 4.74 Å². The monoisotopic (exact) mass is 567 g/mol. The smallest absolute Gasteiger partial charge is 0.224 e. The molecule has 0 saturated heterocycles. The van der Waals surface area contributed by atoms with Gasteiger partial charge in [0.05, 0.1) is 24.9 Å². The van der Waals surface area contributed by atoms with Crippen molar-refractivity contribution in [2.24, 2.45) is 0 Å². The molecule has 0 fully saturated rings. The van der Waals surface area contributed by atoms with Crippen molar-refractivity contribution in [3.05, 3.63) is 96.1 Å². The summed E-state index contributed by atoms with van der Waals surface area (Å²) in [5.41, 5.74) is 4.20. The van der Waals surface area contributed by atoms with Gasteiger partial charge in [-0.25, -0.2) is 4.98 Å². The van der Waals surface area contributed by atoms with Crippen LogP contribution >= 0.6 is 0 Å². The van der Waals surface area contributed by atoms with Crippen LogP contribution in [0, 0.1) is 0 Å². The van der Waals surface area contributed by atoms with Crippen molar-refractivity contribution in [1.82, 2.24) is 9.38 Å². The molecule has 2 heterocycles. The molecule has 2 aromatic carbocycles. The van der Waals surface area contributed by atoms with Crippen LogP contribution in [0.5, 0.6) is 5.75 Å². The van der Waals surface area contributed by atoms with Gasteiger partial charge in [-0.05, 0) is 53.9 Å². The number of unbranched alkanes of at least 4 members (excludes halogenated alkanes) is 11. The molecule has 0 bridgehead atoms. The Morgan fingerprint density at radius 1 is 0.786 bits per heavy atom. The number of fused-ring (bicyclic) bond motifs is 1. The molecule has 0 aliphatic rings. The van der Waals surface area contributed by atoms with Crippen LogP contribution in [0.25, 0.3) is 5.52 Å². The van der Waals surface area contributed by atoms with Gasteiger partial charge in [0.2, 0.25) is 5.91 Å². The minimum atomic E-state index is 0.0183. The lowest BCUT2D eigenvalue weighted by molar-refractivity contribution is -0.116. The lowest BCUT2D eigenvalue weighted by atomic mass is 10.1. The summed E-state index contributed by atoms with van der Waals surface area (Å²) in [6.45, 7) is 5.15. The molecule has 5 heteroatoms. The Morgan fingerprint density at radius 2 is 1.48 bits per heavy atom.